The summed E-state index contributed by atoms with van der Waals surface area (Å²) in [5.41, 5.74) is 1.26. The molecule has 0 spiro atoms. The van der Waals surface area contributed by atoms with E-state index in [-0.39, 0.29) is 0 Å². The van der Waals surface area contributed by atoms with Gasteiger partial charge in [0.1, 0.15) is 4.90 Å². The first-order chi connectivity index (χ1) is 6.82. The third-order valence-corrected chi connectivity index (χ3v) is 4.42. The van der Waals surface area contributed by atoms with Crippen LogP contribution in [-0.2, 0) is 16.6 Å². The summed E-state index contributed by atoms with van der Waals surface area (Å²) in [5, 5.41) is 4.19. The molecule has 0 aromatic carbocycles. The van der Waals surface area contributed by atoms with Crippen molar-refractivity contribution in [1.29, 1.82) is 0 Å². The molecule has 0 radical (unpaired) electrons. The van der Waals surface area contributed by atoms with Crippen molar-refractivity contribution < 1.29 is 8.42 Å². The van der Waals surface area contributed by atoms with Crippen LogP contribution in [0, 0.1) is 13.8 Å². The zero-order valence-corrected chi connectivity index (χ0v) is 10.6. The Kier molecular flexibility index (Phi) is 3.20. The molecular weight excluding hydrogens is 214 g/mol. The normalized spacial score (nSPS) is 12.4. The summed E-state index contributed by atoms with van der Waals surface area (Å²) in [6.07, 6.45) is 0. The number of aryl methyl sites for hydroxylation is 2. The van der Waals surface area contributed by atoms with E-state index in [0.717, 1.165) is 0 Å². The second-order valence-corrected chi connectivity index (χ2v) is 5.69. The lowest BCUT2D eigenvalue weighted by Gasteiger charge is -2.11. The van der Waals surface area contributed by atoms with Crippen molar-refractivity contribution in [3.05, 3.63) is 11.4 Å². The van der Waals surface area contributed by atoms with Crippen molar-refractivity contribution in [3.63, 3.8) is 0 Å². The highest BCUT2D eigenvalue weighted by Gasteiger charge is 2.25. The molecule has 0 saturated carbocycles. The number of hydrogen-bond donors (Lipinski definition) is 0. The van der Waals surface area contributed by atoms with Crippen LogP contribution >= 0.6 is 0 Å². The Balaban J connectivity index is 3.45. The minimum absolute atomic E-state index is 0.328. The van der Waals surface area contributed by atoms with Crippen LogP contribution in [0.2, 0.25) is 0 Å². The Morgan fingerprint density at radius 1 is 1.33 bits per heavy atom. The van der Waals surface area contributed by atoms with Gasteiger partial charge in [0.05, 0.1) is 11.4 Å². The number of hydrogen-bond acceptors (Lipinski definition) is 3. The van der Waals surface area contributed by atoms with Crippen LogP contribution in [0.1, 0.15) is 18.3 Å². The van der Waals surface area contributed by atoms with E-state index in [0.29, 0.717) is 22.8 Å². The quantitative estimate of drug-likeness (QED) is 0.772. The lowest BCUT2D eigenvalue weighted by molar-refractivity contribution is 0.519. The topological polar surface area (TPSA) is 55.2 Å². The van der Waals surface area contributed by atoms with Crippen LogP contribution in [0.3, 0.4) is 0 Å². The molecule has 0 bridgehead atoms. The number of nitrogens with zero attached hydrogens (tertiary/aromatic N) is 3. The Hall–Kier alpha value is -0.880. The molecule has 0 unspecified atom stereocenters. The molecule has 86 valence electrons. The van der Waals surface area contributed by atoms with E-state index >= 15 is 0 Å². The first kappa shape index (κ1) is 12.2. The van der Waals surface area contributed by atoms with E-state index in [1.54, 1.807) is 18.5 Å². The highest BCUT2D eigenvalue weighted by molar-refractivity contribution is 7.89. The van der Waals surface area contributed by atoms with Gasteiger partial charge in [0, 0.05) is 20.6 Å². The average molecular weight is 231 g/mol. The van der Waals surface area contributed by atoms with Crippen LogP contribution in [0.15, 0.2) is 4.90 Å². The maximum absolute atomic E-state index is 12.0. The van der Waals surface area contributed by atoms with Crippen molar-refractivity contribution in [2.24, 2.45) is 0 Å². The minimum atomic E-state index is -3.38. The smallest absolute Gasteiger partial charge is 0.246 e. The fourth-order valence-electron chi connectivity index (χ4n) is 1.54. The fourth-order valence-corrected chi connectivity index (χ4v) is 2.80. The molecule has 15 heavy (non-hydrogen) atoms. The van der Waals surface area contributed by atoms with E-state index in [2.05, 4.69) is 5.10 Å². The molecule has 0 aliphatic heterocycles. The second-order valence-electron chi connectivity index (χ2n) is 3.60. The fraction of sp³-hybridized carbons (Fsp3) is 0.667. The molecule has 0 saturated heterocycles. The maximum Gasteiger partial charge on any atom is 0.246 e. The van der Waals surface area contributed by atoms with Crippen LogP contribution in [0.4, 0.5) is 0 Å². The van der Waals surface area contributed by atoms with Gasteiger partial charge in [0.25, 0.3) is 0 Å². The third kappa shape index (κ3) is 1.91. The lowest BCUT2D eigenvalue weighted by Crippen LogP contribution is -2.23. The van der Waals surface area contributed by atoms with E-state index in [9.17, 15) is 8.42 Å². The Bertz CT molecular complexity index is 460. The predicted molar refractivity (Wildman–Crippen MR) is 58.2 cm³/mol. The summed E-state index contributed by atoms with van der Waals surface area (Å²) in [6.45, 7) is 6.11. The van der Waals surface area contributed by atoms with Gasteiger partial charge in [-0.1, -0.05) is 0 Å². The highest BCUT2D eigenvalue weighted by atomic mass is 32.2. The summed E-state index contributed by atoms with van der Waals surface area (Å²) >= 11 is 0. The van der Waals surface area contributed by atoms with Crippen LogP contribution in [-0.4, -0.2) is 36.6 Å². The van der Waals surface area contributed by atoms with Gasteiger partial charge in [0.2, 0.25) is 10.0 Å². The van der Waals surface area contributed by atoms with Gasteiger partial charge in [-0.2, -0.15) is 5.10 Å². The third-order valence-electron chi connectivity index (χ3n) is 2.35. The van der Waals surface area contributed by atoms with Gasteiger partial charge in [-0.15, -0.1) is 0 Å². The number of aromatic nitrogens is 2. The molecule has 0 aliphatic carbocycles. The Morgan fingerprint density at radius 2 is 1.87 bits per heavy atom. The molecular formula is C9H17N3O2S. The molecule has 1 heterocycles. The minimum Gasteiger partial charge on any atom is -0.268 e. The van der Waals surface area contributed by atoms with Gasteiger partial charge >= 0.3 is 0 Å². The van der Waals surface area contributed by atoms with Crippen LogP contribution < -0.4 is 0 Å². The standard InChI is InChI=1S/C9H17N3O2S/c1-6-12-8(3)9(7(2)10-12)15(13,14)11(4)5/h6H2,1-5H3. The van der Waals surface area contributed by atoms with Gasteiger partial charge in [-0.3, -0.25) is 4.68 Å². The van der Waals surface area contributed by atoms with Crippen molar-refractivity contribution in [2.75, 3.05) is 14.1 Å². The highest BCUT2D eigenvalue weighted by Crippen LogP contribution is 2.21. The first-order valence-corrected chi connectivity index (χ1v) is 6.23. The van der Waals surface area contributed by atoms with Crippen LogP contribution in [0.5, 0.6) is 0 Å². The summed E-state index contributed by atoms with van der Waals surface area (Å²) in [7, 11) is -0.327. The second kappa shape index (κ2) is 3.94. The van der Waals surface area contributed by atoms with Crippen molar-refractivity contribution >= 4 is 10.0 Å². The summed E-state index contributed by atoms with van der Waals surface area (Å²) in [6, 6.07) is 0. The molecule has 0 aliphatic rings. The molecule has 0 fully saturated rings. The predicted octanol–water partition coefficient (Wildman–Crippen LogP) is 0.770. The molecule has 1 aromatic rings. The lowest BCUT2D eigenvalue weighted by atomic mass is 10.4. The summed E-state index contributed by atoms with van der Waals surface area (Å²) < 4.78 is 26.9. The van der Waals surface area contributed by atoms with Crippen molar-refractivity contribution in [2.45, 2.75) is 32.2 Å². The molecule has 0 N–H and O–H groups in total. The number of sulfonamides is 1. The van der Waals surface area contributed by atoms with Crippen LogP contribution in [0.25, 0.3) is 0 Å². The van der Waals surface area contributed by atoms with Crippen molar-refractivity contribution in [1.82, 2.24) is 14.1 Å². The SMILES string of the molecule is CCn1nc(C)c(S(=O)(=O)N(C)C)c1C. The van der Waals surface area contributed by atoms with E-state index in [1.807, 2.05) is 6.92 Å². The van der Waals surface area contributed by atoms with Gasteiger partial charge < -0.3 is 0 Å². The van der Waals surface area contributed by atoms with Crippen molar-refractivity contribution in [3.8, 4) is 0 Å². The maximum atomic E-state index is 12.0. The Morgan fingerprint density at radius 3 is 2.20 bits per heavy atom. The van der Waals surface area contributed by atoms with Gasteiger partial charge in [-0.25, -0.2) is 12.7 Å². The van der Waals surface area contributed by atoms with E-state index in [4.69, 9.17) is 0 Å². The molecule has 6 heteroatoms. The summed E-state index contributed by atoms with van der Waals surface area (Å²) in [4.78, 5) is 0.328. The monoisotopic (exact) mass is 231 g/mol. The molecule has 0 amide bonds. The molecule has 1 rings (SSSR count). The number of rotatable bonds is 3. The molecule has 0 atom stereocenters. The average Bonchev–Trinajstić information content (AvgIpc) is 2.41. The zero-order valence-electron chi connectivity index (χ0n) is 9.77. The van der Waals surface area contributed by atoms with E-state index < -0.39 is 10.0 Å². The van der Waals surface area contributed by atoms with E-state index in [1.165, 1.54) is 18.4 Å². The zero-order chi connectivity index (χ0) is 11.8. The molecule has 1 aromatic heterocycles. The van der Waals surface area contributed by atoms with Gasteiger partial charge in [-0.05, 0) is 20.8 Å². The largest absolute Gasteiger partial charge is 0.268 e. The van der Waals surface area contributed by atoms with Gasteiger partial charge in [0.15, 0.2) is 0 Å². The molecule has 5 nitrogen and oxygen atoms in total. The summed E-state index contributed by atoms with van der Waals surface area (Å²) in [5.74, 6) is 0. The Labute approximate surface area is 90.7 Å². The first-order valence-electron chi connectivity index (χ1n) is 4.79.